The highest BCUT2D eigenvalue weighted by molar-refractivity contribution is 5.95. The number of anilines is 1. The van der Waals surface area contributed by atoms with E-state index in [2.05, 4.69) is 5.10 Å². The summed E-state index contributed by atoms with van der Waals surface area (Å²) >= 11 is 0. The number of hydrogen-bond acceptors (Lipinski definition) is 3. The van der Waals surface area contributed by atoms with Crippen LogP contribution in [0, 0.1) is 0 Å². The fourth-order valence-electron chi connectivity index (χ4n) is 2.79. The first-order valence-corrected chi connectivity index (χ1v) is 7.54. The molecule has 0 N–H and O–H groups in total. The number of aromatic nitrogens is 2. The van der Waals surface area contributed by atoms with Crippen LogP contribution < -0.4 is 4.90 Å². The summed E-state index contributed by atoms with van der Waals surface area (Å²) in [5.74, 6) is 0.808. The molecule has 1 amide bonds. The molecule has 20 heavy (non-hydrogen) atoms. The second kappa shape index (κ2) is 6.88. The van der Waals surface area contributed by atoms with Gasteiger partial charge < -0.3 is 4.74 Å². The van der Waals surface area contributed by atoms with Crippen molar-refractivity contribution in [3.05, 3.63) is 12.3 Å². The summed E-state index contributed by atoms with van der Waals surface area (Å²) in [6.45, 7) is 2.00. The Kier molecular flexibility index (Phi) is 5.17. The maximum atomic E-state index is 12.6. The van der Waals surface area contributed by atoms with E-state index in [4.69, 9.17) is 4.74 Å². The van der Waals surface area contributed by atoms with Crippen molar-refractivity contribution in [2.75, 3.05) is 11.9 Å². The van der Waals surface area contributed by atoms with Crippen LogP contribution in [0.2, 0.25) is 0 Å². The number of aryl methyl sites for hydroxylation is 1. The molecule has 0 aromatic carbocycles. The van der Waals surface area contributed by atoms with Gasteiger partial charge in [0.2, 0.25) is 0 Å². The first kappa shape index (κ1) is 15.0. The molecule has 0 spiro atoms. The predicted octanol–water partition coefficient (Wildman–Crippen LogP) is 2.51. The maximum absolute atomic E-state index is 12.6. The number of ether oxygens (including phenoxy) is 1. The number of carbonyl (C=O) groups excluding carboxylic acids is 1. The lowest BCUT2D eigenvalue weighted by Gasteiger charge is -2.29. The van der Waals surface area contributed by atoms with Crippen molar-refractivity contribution in [1.82, 2.24) is 9.78 Å². The third-order valence-corrected chi connectivity index (χ3v) is 4.02. The summed E-state index contributed by atoms with van der Waals surface area (Å²) in [5.41, 5.74) is 0. The van der Waals surface area contributed by atoms with Crippen molar-refractivity contribution in [1.29, 1.82) is 0 Å². The minimum Gasteiger partial charge on any atom is -0.365 e. The van der Waals surface area contributed by atoms with Crippen LogP contribution >= 0.6 is 0 Å². The largest absolute Gasteiger partial charge is 0.365 e. The number of amides is 1. The Morgan fingerprint density at radius 3 is 2.75 bits per heavy atom. The monoisotopic (exact) mass is 279 g/mol. The van der Waals surface area contributed by atoms with Gasteiger partial charge in [0.15, 0.2) is 0 Å². The third kappa shape index (κ3) is 3.39. The molecule has 0 bridgehead atoms. The number of likely N-dealkylation sites (N-methyl/N-ethyl adjacent to an activating group) is 1. The van der Waals surface area contributed by atoms with Gasteiger partial charge >= 0.3 is 0 Å². The summed E-state index contributed by atoms with van der Waals surface area (Å²) in [6.07, 6.45) is 8.19. The van der Waals surface area contributed by atoms with E-state index in [-0.39, 0.29) is 18.1 Å². The van der Waals surface area contributed by atoms with Gasteiger partial charge in [0.1, 0.15) is 11.9 Å². The first-order chi connectivity index (χ1) is 9.63. The van der Waals surface area contributed by atoms with Crippen molar-refractivity contribution in [3.63, 3.8) is 0 Å². The van der Waals surface area contributed by atoms with E-state index in [0.717, 1.165) is 18.7 Å². The zero-order valence-corrected chi connectivity index (χ0v) is 12.7. The van der Waals surface area contributed by atoms with Gasteiger partial charge in [-0.3, -0.25) is 14.4 Å². The van der Waals surface area contributed by atoms with Crippen LogP contribution in [0.25, 0.3) is 0 Å². The van der Waals surface area contributed by atoms with E-state index in [1.807, 2.05) is 20.0 Å². The van der Waals surface area contributed by atoms with Gasteiger partial charge in [-0.05, 0) is 19.3 Å². The smallest absolute Gasteiger partial charge is 0.256 e. The van der Waals surface area contributed by atoms with Crippen molar-refractivity contribution in [2.24, 2.45) is 7.05 Å². The molecular weight excluding hydrogens is 254 g/mol. The van der Waals surface area contributed by atoms with Crippen molar-refractivity contribution in [2.45, 2.75) is 57.7 Å². The molecule has 1 aromatic rings. The lowest BCUT2D eigenvalue weighted by Crippen LogP contribution is -2.40. The molecule has 5 nitrogen and oxygen atoms in total. The number of hydrogen-bond donors (Lipinski definition) is 0. The molecule has 1 heterocycles. The average molecular weight is 279 g/mol. The zero-order chi connectivity index (χ0) is 14.5. The molecule has 0 aliphatic heterocycles. The molecular formula is C15H25N3O2. The highest BCUT2D eigenvalue weighted by Crippen LogP contribution is 2.23. The van der Waals surface area contributed by atoms with Crippen LogP contribution in [-0.4, -0.2) is 34.9 Å². The molecule has 1 aliphatic rings. The standard InChI is InChI=1S/C15H25N3O2/c1-4-13(20-12-8-6-5-7-9-12)15(19)17(2)14-10-11-16-18(14)3/h10-13H,4-9H2,1-3H3/t13-/m1/s1. The fraction of sp³-hybridized carbons (Fsp3) is 0.733. The van der Waals surface area contributed by atoms with Gasteiger partial charge in [-0.2, -0.15) is 5.10 Å². The van der Waals surface area contributed by atoms with E-state index in [1.165, 1.54) is 19.3 Å². The Morgan fingerprint density at radius 2 is 2.20 bits per heavy atom. The highest BCUT2D eigenvalue weighted by Gasteiger charge is 2.27. The minimum absolute atomic E-state index is 0.0154. The maximum Gasteiger partial charge on any atom is 0.256 e. The van der Waals surface area contributed by atoms with Crippen molar-refractivity contribution < 1.29 is 9.53 Å². The second-order valence-corrected chi connectivity index (χ2v) is 5.50. The predicted molar refractivity (Wildman–Crippen MR) is 78.7 cm³/mol. The second-order valence-electron chi connectivity index (χ2n) is 5.50. The Morgan fingerprint density at radius 1 is 1.50 bits per heavy atom. The highest BCUT2D eigenvalue weighted by atomic mass is 16.5. The van der Waals surface area contributed by atoms with Crippen LogP contribution in [0.1, 0.15) is 45.4 Å². The topological polar surface area (TPSA) is 47.4 Å². The molecule has 1 aliphatic carbocycles. The quantitative estimate of drug-likeness (QED) is 0.832. The summed E-state index contributed by atoms with van der Waals surface area (Å²) in [5, 5.41) is 4.10. The molecule has 1 atom stereocenters. The van der Waals surface area contributed by atoms with Gasteiger partial charge in [-0.1, -0.05) is 26.2 Å². The number of rotatable bonds is 5. The third-order valence-electron chi connectivity index (χ3n) is 4.02. The van der Waals surface area contributed by atoms with Crippen LogP contribution in [-0.2, 0) is 16.6 Å². The van der Waals surface area contributed by atoms with E-state index >= 15 is 0 Å². The lowest BCUT2D eigenvalue weighted by atomic mass is 9.97. The van der Waals surface area contributed by atoms with Crippen LogP contribution in [0.3, 0.4) is 0 Å². The molecule has 0 saturated heterocycles. The first-order valence-electron chi connectivity index (χ1n) is 7.54. The van der Waals surface area contributed by atoms with Gasteiger partial charge in [-0.15, -0.1) is 0 Å². The summed E-state index contributed by atoms with van der Waals surface area (Å²) in [7, 11) is 3.62. The van der Waals surface area contributed by atoms with E-state index in [9.17, 15) is 4.79 Å². The summed E-state index contributed by atoms with van der Waals surface area (Å²) in [4.78, 5) is 14.2. The molecule has 0 radical (unpaired) electrons. The summed E-state index contributed by atoms with van der Waals surface area (Å²) in [6, 6.07) is 1.84. The van der Waals surface area contributed by atoms with E-state index in [1.54, 1.807) is 22.8 Å². The van der Waals surface area contributed by atoms with Gasteiger partial charge in [0.05, 0.1) is 12.3 Å². The molecule has 1 fully saturated rings. The Labute approximate surface area is 120 Å². The molecule has 1 saturated carbocycles. The Hall–Kier alpha value is -1.36. The lowest BCUT2D eigenvalue weighted by molar-refractivity contribution is -0.135. The summed E-state index contributed by atoms with van der Waals surface area (Å²) < 4.78 is 7.74. The van der Waals surface area contributed by atoms with E-state index < -0.39 is 0 Å². The molecule has 0 unspecified atom stereocenters. The molecule has 2 rings (SSSR count). The van der Waals surface area contributed by atoms with Gasteiger partial charge in [0, 0.05) is 20.2 Å². The zero-order valence-electron chi connectivity index (χ0n) is 12.7. The Balaban J connectivity index is 1.99. The van der Waals surface area contributed by atoms with Crippen LogP contribution in [0.4, 0.5) is 5.82 Å². The normalized spacial score (nSPS) is 17.9. The van der Waals surface area contributed by atoms with Gasteiger partial charge in [-0.25, -0.2) is 0 Å². The SMILES string of the molecule is CC[C@@H](OC1CCCCC1)C(=O)N(C)c1ccnn1C. The Bertz CT molecular complexity index is 438. The average Bonchev–Trinajstić information content (AvgIpc) is 2.90. The number of nitrogens with zero attached hydrogens (tertiary/aromatic N) is 3. The van der Waals surface area contributed by atoms with Crippen molar-refractivity contribution in [3.8, 4) is 0 Å². The van der Waals surface area contributed by atoms with Crippen LogP contribution in [0.15, 0.2) is 12.3 Å². The molecule has 112 valence electrons. The van der Waals surface area contributed by atoms with Crippen LogP contribution in [0.5, 0.6) is 0 Å². The number of carbonyl (C=O) groups is 1. The fourth-order valence-corrected chi connectivity index (χ4v) is 2.79. The van der Waals surface area contributed by atoms with Crippen molar-refractivity contribution >= 4 is 11.7 Å². The van der Waals surface area contributed by atoms with E-state index in [0.29, 0.717) is 6.42 Å². The minimum atomic E-state index is -0.349. The molecule has 1 aromatic heterocycles. The molecule has 5 heteroatoms. The van der Waals surface area contributed by atoms with Gasteiger partial charge in [0.25, 0.3) is 5.91 Å².